The van der Waals surface area contributed by atoms with Crippen LogP contribution in [0.3, 0.4) is 0 Å². The first-order valence-corrected chi connectivity index (χ1v) is 5.75. The van der Waals surface area contributed by atoms with Crippen LogP contribution in [-0.4, -0.2) is 46.8 Å². The van der Waals surface area contributed by atoms with Gasteiger partial charge in [0.2, 0.25) is 0 Å². The van der Waals surface area contributed by atoms with Crippen LogP contribution in [0.15, 0.2) is 0 Å². The Morgan fingerprint density at radius 1 is 1.53 bits per heavy atom. The number of carbonyl (C=O) groups is 1. The highest BCUT2D eigenvalue weighted by Gasteiger charge is 2.26. The Morgan fingerprint density at radius 2 is 2.27 bits per heavy atom. The van der Waals surface area contributed by atoms with E-state index in [2.05, 4.69) is 11.8 Å². The number of hydrogen-bond acceptors (Lipinski definition) is 3. The number of hydrogen-bond donors (Lipinski definition) is 2. The van der Waals surface area contributed by atoms with Crippen molar-refractivity contribution in [3.05, 3.63) is 0 Å². The third kappa shape index (κ3) is 4.18. The highest BCUT2D eigenvalue weighted by atomic mass is 16.4. The van der Waals surface area contributed by atoms with Crippen LogP contribution >= 0.6 is 0 Å². The van der Waals surface area contributed by atoms with Gasteiger partial charge < -0.3 is 15.1 Å². The monoisotopic (exact) mass is 215 g/mol. The molecule has 0 aromatic carbocycles. The summed E-state index contributed by atoms with van der Waals surface area (Å²) in [6, 6.07) is 0. The smallest absolute Gasteiger partial charge is 0.304 e. The Bertz CT molecular complexity index is 208. The number of nitrogens with zero attached hydrogens (tertiary/aromatic N) is 1. The largest absolute Gasteiger partial charge is 0.481 e. The van der Waals surface area contributed by atoms with Gasteiger partial charge in [0, 0.05) is 19.6 Å². The summed E-state index contributed by atoms with van der Waals surface area (Å²) in [5.74, 6) is -0.411. The molecule has 0 spiro atoms. The lowest BCUT2D eigenvalue weighted by molar-refractivity contribution is -0.137. The van der Waals surface area contributed by atoms with Gasteiger partial charge in [-0.15, -0.1) is 0 Å². The minimum Gasteiger partial charge on any atom is -0.481 e. The fourth-order valence-electron chi connectivity index (χ4n) is 2.21. The van der Waals surface area contributed by atoms with Crippen molar-refractivity contribution >= 4 is 5.97 Å². The Morgan fingerprint density at radius 3 is 2.87 bits per heavy atom. The molecule has 0 bridgehead atoms. The molecule has 15 heavy (non-hydrogen) atoms. The van der Waals surface area contributed by atoms with E-state index in [9.17, 15) is 9.90 Å². The summed E-state index contributed by atoms with van der Waals surface area (Å²) in [4.78, 5) is 12.6. The van der Waals surface area contributed by atoms with Crippen molar-refractivity contribution in [1.82, 2.24) is 4.90 Å². The van der Waals surface area contributed by atoms with Crippen LogP contribution in [0.5, 0.6) is 0 Å². The first-order chi connectivity index (χ1) is 7.13. The van der Waals surface area contributed by atoms with Gasteiger partial charge in [-0.3, -0.25) is 4.79 Å². The normalized spacial score (nSPS) is 27.9. The van der Waals surface area contributed by atoms with E-state index in [4.69, 9.17) is 5.11 Å². The lowest BCUT2D eigenvalue weighted by atomic mass is 9.91. The van der Waals surface area contributed by atoms with Crippen LogP contribution in [0.25, 0.3) is 0 Å². The maximum atomic E-state index is 10.4. The molecule has 0 saturated carbocycles. The Labute approximate surface area is 90.9 Å². The Kier molecular flexibility index (Phi) is 5.05. The summed E-state index contributed by atoms with van der Waals surface area (Å²) in [6.45, 7) is 4.40. The lowest BCUT2D eigenvalue weighted by Gasteiger charge is -2.35. The maximum Gasteiger partial charge on any atom is 0.304 e. The molecule has 0 aromatic rings. The summed E-state index contributed by atoms with van der Waals surface area (Å²) in [6.07, 6.45) is 2.91. The van der Waals surface area contributed by atoms with Crippen LogP contribution in [0.4, 0.5) is 0 Å². The molecule has 2 atom stereocenters. The van der Waals surface area contributed by atoms with E-state index in [0.717, 1.165) is 32.4 Å². The molecule has 1 rings (SSSR count). The molecule has 0 radical (unpaired) electrons. The van der Waals surface area contributed by atoms with E-state index in [1.165, 1.54) is 0 Å². The van der Waals surface area contributed by atoms with E-state index >= 15 is 0 Å². The first kappa shape index (κ1) is 12.5. The zero-order chi connectivity index (χ0) is 11.3. The predicted molar refractivity (Wildman–Crippen MR) is 57.7 cm³/mol. The molecule has 1 aliphatic heterocycles. The molecule has 0 aliphatic carbocycles. The summed E-state index contributed by atoms with van der Waals surface area (Å²) in [5.41, 5.74) is 0. The average Bonchev–Trinajstić information content (AvgIpc) is 2.19. The van der Waals surface area contributed by atoms with E-state index in [-0.39, 0.29) is 12.5 Å². The third-order valence-electron chi connectivity index (χ3n) is 3.08. The first-order valence-electron chi connectivity index (χ1n) is 5.75. The molecule has 1 fully saturated rings. The van der Waals surface area contributed by atoms with Gasteiger partial charge in [0.05, 0.1) is 12.5 Å². The number of piperidine rings is 1. The molecule has 4 heteroatoms. The van der Waals surface area contributed by atoms with Crippen LogP contribution in [0.2, 0.25) is 0 Å². The minimum atomic E-state index is -0.742. The molecule has 0 aromatic heterocycles. The van der Waals surface area contributed by atoms with Crippen LogP contribution in [0.1, 0.15) is 32.6 Å². The predicted octanol–water partition coefficient (Wildman–Crippen LogP) is 0.944. The van der Waals surface area contributed by atoms with E-state index in [1.54, 1.807) is 0 Å². The van der Waals surface area contributed by atoms with Crippen LogP contribution < -0.4 is 0 Å². The molecular weight excluding hydrogens is 194 g/mol. The summed E-state index contributed by atoms with van der Waals surface area (Å²) >= 11 is 0. The standard InChI is InChI=1S/C11H21NO3/c1-2-3-9-8-12(6-4-10(9)13)7-5-11(14)15/h9-10,13H,2-8H2,1H3,(H,14,15)/t9-,10+/m0/s1. The molecule has 2 N–H and O–H groups in total. The molecular formula is C11H21NO3. The van der Waals surface area contributed by atoms with Gasteiger partial charge in [-0.1, -0.05) is 13.3 Å². The van der Waals surface area contributed by atoms with Gasteiger partial charge in [-0.05, 0) is 18.8 Å². The molecule has 4 nitrogen and oxygen atoms in total. The van der Waals surface area contributed by atoms with Crippen molar-refractivity contribution < 1.29 is 15.0 Å². The average molecular weight is 215 g/mol. The van der Waals surface area contributed by atoms with Crippen molar-refractivity contribution in [3.8, 4) is 0 Å². The molecule has 0 unspecified atom stereocenters. The molecule has 1 aliphatic rings. The van der Waals surface area contributed by atoms with E-state index < -0.39 is 5.97 Å². The fourth-order valence-corrected chi connectivity index (χ4v) is 2.21. The second-order valence-corrected chi connectivity index (χ2v) is 4.35. The lowest BCUT2D eigenvalue weighted by Crippen LogP contribution is -2.43. The topological polar surface area (TPSA) is 60.8 Å². The summed E-state index contributed by atoms with van der Waals surface area (Å²) in [5, 5.41) is 18.3. The second-order valence-electron chi connectivity index (χ2n) is 4.35. The number of carboxylic acid groups (broad SMARTS) is 1. The van der Waals surface area contributed by atoms with Gasteiger partial charge in [-0.25, -0.2) is 0 Å². The molecule has 1 heterocycles. The quantitative estimate of drug-likeness (QED) is 0.716. The van der Waals surface area contributed by atoms with Gasteiger partial charge in [0.15, 0.2) is 0 Å². The minimum absolute atomic E-state index is 0.189. The van der Waals surface area contributed by atoms with Gasteiger partial charge in [0.25, 0.3) is 0 Å². The maximum absolute atomic E-state index is 10.4. The van der Waals surface area contributed by atoms with Gasteiger partial charge in [-0.2, -0.15) is 0 Å². The highest BCUT2D eigenvalue weighted by molar-refractivity contribution is 5.66. The number of carboxylic acids is 1. The van der Waals surface area contributed by atoms with Crippen LogP contribution in [0, 0.1) is 5.92 Å². The number of aliphatic carboxylic acids is 1. The molecule has 1 saturated heterocycles. The zero-order valence-electron chi connectivity index (χ0n) is 9.35. The van der Waals surface area contributed by atoms with Crippen molar-refractivity contribution in [2.75, 3.05) is 19.6 Å². The SMILES string of the molecule is CCC[C@H]1CN(CCC(=O)O)CC[C@H]1O. The second kappa shape index (κ2) is 6.08. The Hall–Kier alpha value is -0.610. The summed E-state index contributed by atoms with van der Waals surface area (Å²) < 4.78 is 0. The Balaban J connectivity index is 2.32. The third-order valence-corrected chi connectivity index (χ3v) is 3.08. The van der Waals surface area contributed by atoms with Crippen molar-refractivity contribution in [3.63, 3.8) is 0 Å². The number of aliphatic hydroxyl groups is 1. The van der Waals surface area contributed by atoms with E-state index in [0.29, 0.717) is 12.5 Å². The fraction of sp³-hybridized carbons (Fsp3) is 0.909. The van der Waals surface area contributed by atoms with Crippen molar-refractivity contribution in [2.24, 2.45) is 5.92 Å². The van der Waals surface area contributed by atoms with Crippen molar-refractivity contribution in [1.29, 1.82) is 0 Å². The number of aliphatic hydroxyl groups excluding tert-OH is 1. The number of rotatable bonds is 5. The number of likely N-dealkylation sites (tertiary alicyclic amines) is 1. The summed E-state index contributed by atoms with van der Waals surface area (Å²) in [7, 11) is 0. The van der Waals surface area contributed by atoms with E-state index in [1.807, 2.05) is 0 Å². The highest BCUT2D eigenvalue weighted by Crippen LogP contribution is 2.21. The van der Waals surface area contributed by atoms with Gasteiger partial charge in [0.1, 0.15) is 0 Å². The van der Waals surface area contributed by atoms with Gasteiger partial charge >= 0.3 is 5.97 Å². The van der Waals surface area contributed by atoms with Crippen molar-refractivity contribution in [2.45, 2.75) is 38.7 Å². The molecule has 88 valence electrons. The zero-order valence-corrected chi connectivity index (χ0v) is 9.35. The van der Waals surface area contributed by atoms with Crippen LogP contribution in [-0.2, 0) is 4.79 Å². The molecule has 0 amide bonds.